The van der Waals surface area contributed by atoms with E-state index in [1.807, 2.05) is 18.5 Å². The molecule has 130 valence electrons. The van der Waals surface area contributed by atoms with Crippen molar-refractivity contribution in [2.24, 2.45) is 0 Å². The van der Waals surface area contributed by atoms with Crippen molar-refractivity contribution in [3.05, 3.63) is 60.6 Å². The highest BCUT2D eigenvalue weighted by molar-refractivity contribution is 5.95. The Bertz CT molecular complexity index is 933. The normalized spacial score (nSPS) is 15.8. The van der Waals surface area contributed by atoms with Gasteiger partial charge in [-0.25, -0.2) is 0 Å². The molecule has 0 amide bonds. The third kappa shape index (κ3) is 3.02. The molecule has 4 nitrogen and oxygen atoms in total. The van der Waals surface area contributed by atoms with Gasteiger partial charge in [0.25, 0.3) is 0 Å². The Kier molecular flexibility index (Phi) is 4.00. The largest absolute Gasteiger partial charge is 0.379 e. The van der Waals surface area contributed by atoms with Gasteiger partial charge in [0.05, 0.1) is 24.6 Å². The Balaban J connectivity index is 1.42. The topological polar surface area (TPSA) is 38.2 Å². The van der Waals surface area contributed by atoms with E-state index in [4.69, 9.17) is 9.72 Å². The number of hydrogen-bond donors (Lipinski definition) is 0. The molecule has 1 fully saturated rings. The van der Waals surface area contributed by atoms with E-state index in [1.165, 1.54) is 27.9 Å². The van der Waals surface area contributed by atoms with Crippen LogP contribution in [-0.2, 0) is 11.2 Å². The van der Waals surface area contributed by atoms with Crippen molar-refractivity contribution in [1.29, 1.82) is 0 Å². The number of fused-ring (bicyclic) bond motifs is 1. The van der Waals surface area contributed by atoms with E-state index in [2.05, 4.69) is 46.3 Å². The van der Waals surface area contributed by atoms with Crippen molar-refractivity contribution in [2.75, 3.05) is 32.8 Å². The maximum Gasteiger partial charge on any atom is 0.0720 e. The van der Waals surface area contributed by atoms with Crippen LogP contribution in [-0.4, -0.2) is 47.7 Å². The van der Waals surface area contributed by atoms with E-state index in [0.717, 1.165) is 50.5 Å². The van der Waals surface area contributed by atoms with E-state index in [1.54, 1.807) is 0 Å². The van der Waals surface area contributed by atoms with Crippen LogP contribution in [0.4, 0.5) is 0 Å². The Labute approximate surface area is 153 Å². The smallest absolute Gasteiger partial charge is 0.0720 e. The zero-order chi connectivity index (χ0) is 17.3. The van der Waals surface area contributed by atoms with Crippen molar-refractivity contribution in [2.45, 2.75) is 6.42 Å². The lowest BCUT2D eigenvalue weighted by Crippen LogP contribution is -2.37. The molecule has 3 aliphatic rings. The molecular weight excluding hydrogens is 322 g/mol. The first-order valence-corrected chi connectivity index (χ1v) is 9.24. The summed E-state index contributed by atoms with van der Waals surface area (Å²) >= 11 is 0. The van der Waals surface area contributed by atoms with Crippen molar-refractivity contribution in [3.63, 3.8) is 0 Å². The lowest BCUT2D eigenvalue weighted by Gasteiger charge is -2.26. The minimum absolute atomic E-state index is 0.842. The number of morpholine rings is 1. The van der Waals surface area contributed by atoms with Crippen LogP contribution in [0.15, 0.2) is 54.9 Å². The summed E-state index contributed by atoms with van der Waals surface area (Å²) < 4.78 is 5.44. The van der Waals surface area contributed by atoms with Crippen LogP contribution in [0.5, 0.6) is 0 Å². The van der Waals surface area contributed by atoms with Gasteiger partial charge in [-0.1, -0.05) is 30.3 Å². The Morgan fingerprint density at radius 3 is 2.58 bits per heavy atom. The Morgan fingerprint density at radius 1 is 0.923 bits per heavy atom. The lowest BCUT2D eigenvalue weighted by molar-refractivity contribution is 0.0383. The van der Waals surface area contributed by atoms with Gasteiger partial charge in [0.1, 0.15) is 0 Å². The van der Waals surface area contributed by atoms with Gasteiger partial charge in [-0.15, -0.1) is 0 Å². The second-order valence-electron chi connectivity index (χ2n) is 6.91. The summed E-state index contributed by atoms with van der Waals surface area (Å²) in [7, 11) is 0. The predicted molar refractivity (Wildman–Crippen MR) is 103 cm³/mol. The molecule has 0 unspecified atom stereocenters. The molecule has 1 aromatic carbocycles. The zero-order valence-electron chi connectivity index (χ0n) is 14.7. The molecule has 2 aliphatic heterocycles. The summed E-state index contributed by atoms with van der Waals surface area (Å²) in [5.74, 6) is 0. The van der Waals surface area contributed by atoms with E-state index in [0.29, 0.717) is 0 Å². The maximum atomic E-state index is 5.44. The average molecular weight is 343 g/mol. The predicted octanol–water partition coefficient (Wildman–Crippen LogP) is 3.67. The van der Waals surface area contributed by atoms with Crippen LogP contribution in [0.3, 0.4) is 0 Å². The van der Waals surface area contributed by atoms with E-state index in [-0.39, 0.29) is 0 Å². The highest BCUT2D eigenvalue weighted by Crippen LogP contribution is 2.45. The van der Waals surface area contributed by atoms with Crippen LogP contribution in [0.1, 0.15) is 5.69 Å². The number of benzene rings is 1. The van der Waals surface area contributed by atoms with Crippen molar-refractivity contribution in [1.82, 2.24) is 14.9 Å². The minimum Gasteiger partial charge on any atom is -0.379 e. The summed E-state index contributed by atoms with van der Waals surface area (Å²) in [6.07, 6.45) is 4.88. The third-order valence-electron chi connectivity index (χ3n) is 5.19. The van der Waals surface area contributed by atoms with Crippen molar-refractivity contribution < 1.29 is 4.74 Å². The summed E-state index contributed by atoms with van der Waals surface area (Å²) in [6.45, 7) is 4.77. The Hall–Kier alpha value is -2.56. The molecular formula is C22H21N3O. The fourth-order valence-electron chi connectivity index (χ4n) is 3.71. The van der Waals surface area contributed by atoms with Gasteiger partial charge < -0.3 is 4.74 Å². The maximum absolute atomic E-state index is 5.44. The molecule has 0 saturated carbocycles. The van der Waals surface area contributed by atoms with Crippen LogP contribution in [0.2, 0.25) is 0 Å². The van der Waals surface area contributed by atoms with Gasteiger partial charge in [-0.05, 0) is 17.7 Å². The molecule has 1 saturated heterocycles. The first-order valence-electron chi connectivity index (χ1n) is 9.24. The number of aromatic nitrogens is 2. The number of hydrogen-bond acceptors (Lipinski definition) is 4. The van der Waals surface area contributed by atoms with Gasteiger partial charge in [0.2, 0.25) is 0 Å². The SMILES string of the molecule is c1ccc(-c2cncc(-c3c4cc-4nc3CCN3CCOCC3)c2)cc1. The second-order valence-corrected chi connectivity index (χ2v) is 6.91. The molecule has 0 spiro atoms. The first-order chi connectivity index (χ1) is 12.9. The molecule has 5 rings (SSSR count). The molecule has 1 aromatic heterocycles. The van der Waals surface area contributed by atoms with Crippen LogP contribution >= 0.6 is 0 Å². The average Bonchev–Trinajstić information content (AvgIpc) is 3.38. The summed E-state index contributed by atoms with van der Waals surface area (Å²) in [6, 6.07) is 14.8. The van der Waals surface area contributed by atoms with Crippen molar-refractivity contribution >= 4 is 0 Å². The molecule has 0 bridgehead atoms. The van der Waals surface area contributed by atoms with E-state index < -0.39 is 0 Å². The van der Waals surface area contributed by atoms with Crippen molar-refractivity contribution in [3.8, 4) is 33.5 Å². The molecule has 4 heteroatoms. The van der Waals surface area contributed by atoms with Gasteiger partial charge >= 0.3 is 0 Å². The first kappa shape index (κ1) is 15.7. The fourth-order valence-corrected chi connectivity index (χ4v) is 3.71. The lowest BCUT2D eigenvalue weighted by atomic mass is 10.0. The second kappa shape index (κ2) is 6.63. The standard InChI is InChI=1S/C22H21N3O/c1-2-4-16(5-3-1)17-12-18(15-23-14-17)22-19-13-21(19)24-20(22)6-7-25-8-10-26-11-9-25/h1-5,12-15H,6-11H2. The molecule has 1 aliphatic carbocycles. The van der Waals surface area contributed by atoms with Gasteiger partial charge in [-0.2, -0.15) is 0 Å². The fraction of sp³-hybridized carbons (Fsp3) is 0.273. The number of nitrogens with zero attached hydrogens (tertiary/aromatic N) is 3. The quantitative estimate of drug-likeness (QED) is 0.554. The number of pyridine rings is 2. The molecule has 26 heavy (non-hydrogen) atoms. The molecule has 0 atom stereocenters. The Morgan fingerprint density at radius 2 is 1.73 bits per heavy atom. The van der Waals surface area contributed by atoms with E-state index in [9.17, 15) is 0 Å². The van der Waals surface area contributed by atoms with Crippen LogP contribution < -0.4 is 0 Å². The highest BCUT2D eigenvalue weighted by Gasteiger charge is 2.26. The van der Waals surface area contributed by atoms with E-state index >= 15 is 0 Å². The summed E-state index contributed by atoms with van der Waals surface area (Å²) in [5.41, 5.74) is 8.45. The molecule has 0 radical (unpaired) electrons. The number of ether oxygens (including phenoxy) is 1. The highest BCUT2D eigenvalue weighted by atomic mass is 16.5. The van der Waals surface area contributed by atoms with Crippen LogP contribution in [0.25, 0.3) is 33.5 Å². The molecule has 3 heterocycles. The molecule has 2 aromatic rings. The van der Waals surface area contributed by atoms with Crippen LogP contribution in [0, 0.1) is 0 Å². The molecule has 0 N–H and O–H groups in total. The van der Waals surface area contributed by atoms with Gasteiger partial charge in [-0.3, -0.25) is 14.9 Å². The van der Waals surface area contributed by atoms with Gasteiger partial charge in [0.15, 0.2) is 0 Å². The zero-order valence-corrected chi connectivity index (χ0v) is 14.7. The monoisotopic (exact) mass is 343 g/mol. The van der Waals surface area contributed by atoms with Gasteiger partial charge in [0, 0.05) is 60.7 Å². The minimum atomic E-state index is 0.842. The third-order valence-corrected chi connectivity index (χ3v) is 5.19. The summed E-state index contributed by atoms with van der Waals surface area (Å²) in [5, 5.41) is 0. The summed E-state index contributed by atoms with van der Waals surface area (Å²) in [4.78, 5) is 11.8. The number of rotatable bonds is 5.